The van der Waals surface area contributed by atoms with Gasteiger partial charge in [0.25, 0.3) is 0 Å². The molecule has 2 fully saturated rings. The Morgan fingerprint density at radius 3 is 2.43 bits per heavy atom. The highest BCUT2D eigenvalue weighted by Crippen LogP contribution is 2.41. The van der Waals surface area contributed by atoms with Crippen LogP contribution < -0.4 is 0 Å². The molecule has 3 atom stereocenters. The molecular formula is C36H47N3O4S. The maximum Gasteiger partial charge on any atom is 0.410 e. The third kappa shape index (κ3) is 7.01. The van der Waals surface area contributed by atoms with Gasteiger partial charge < -0.3 is 14.5 Å². The van der Waals surface area contributed by atoms with E-state index in [9.17, 15) is 14.4 Å². The fourth-order valence-corrected chi connectivity index (χ4v) is 7.79. The molecule has 2 aromatic carbocycles. The first kappa shape index (κ1) is 32.1. The van der Waals surface area contributed by atoms with Gasteiger partial charge in [-0.1, -0.05) is 55.7 Å². The SMILES string of the molecule is Cc1ccc(-c2csc([C@@H]3CCCN3C(=O)[C@@H](CC(=O)[C@H](C)N(C)C(=O)OC(C)(C)C)C3CCCCC3)n2)c2ccccc12. The molecule has 236 valence electrons. The first-order valence-corrected chi connectivity index (χ1v) is 17.1. The number of hydrogen-bond acceptors (Lipinski definition) is 6. The van der Waals surface area contributed by atoms with Crippen molar-refractivity contribution in [2.75, 3.05) is 13.6 Å². The second kappa shape index (κ2) is 13.4. The number of aryl methyl sites for hydroxylation is 1. The van der Waals surface area contributed by atoms with Gasteiger partial charge in [0.05, 0.1) is 17.8 Å². The van der Waals surface area contributed by atoms with Crippen molar-refractivity contribution in [3.8, 4) is 11.3 Å². The first-order chi connectivity index (χ1) is 20.9. The van der Waals surface area contributed by atoms with Crippen LogP contribution in [0.1, 0.15) is 95.7 Å². The van der Waals surface area contributed by atoms with Crippen LogP contribution in [0.2, 0.25) is 0 Å². The van der Waals surface area contributed by atoms with E-state index >= 15 is 0 Å². The van der Waals surface area contributed by atoms with Gasteiger partial charge in [-0.05, 0) is 82.6 Å². The molecule has 1 saturated carbocycles. The number of likely N-dealkylation sites (tertiary alicyclic amines) is 1. The van der Waals surface area contributed by atoms with Crippen molar-refractivity contribution in [2.45, 2.75) is 104 Å². The molecule has 8 heteroatoms. The van der Waals surface area contributed by atoms with Crippen molar-refractivity contribution in [1.29, 1.82) is 0 Å². The zero-order valence-electron chi connectivity index (χ0n) is 27.1. The van der Waals surface area contributed by atoms with Crippen LogP contribution in [0.4, 0.5) is 4.79 Å². The number of benzene rings is 2. The summed E-state index contributed by atoms with van der Waals surface area (Å²) in [7, 11) is 1.60. The molecule has 7 nitrogen and oxygen atoms in total. The summed E-state index contributed by atoms with van der Waals surface area (Å²) >= 11 is 1.62. The normalized spacial score (nSPS) is 19.1. The van der Waals surface area contributed by atoms with Crippen LogP contribution >= 0.6 is 11.3 Å². The summed E-state index contributed by atoms with van der Waals surface area (Å²) < 4.78 is 5.50. The van der Waals surface area contributed by atoms with Crippen LogP contribution in [0.15, 0.2) is 41.8 Å². The van der Waals surface area contributed by atoms with Gasteiger partial charge >= 0.3 is 6.09 Å². The Balaban J connectivity index is 1.36. The Morgan fingerprint density at radius 1 is 1.02 bits per heavy atom. The van der Waals surface area contributed by atoms with Crippen LogP contribution in [-0.4, -0.2) is 57.8 Å². The predicted octanol–water partition coefficient (Wildman–Crippen LogP) is 8.35. The zero-order valence-corrected chi connectivity index (χ0v) is 27.9. The summed E-state index contributed by atoms with van der Waals surface area (Å²) in [6, 6.07) is 12.0. The molecule has 2 aliphatic rings. The third-order valence-corrected chi connectivity index (χ3v) is 10.4. The molecule has 5 rings (SSSR count). The maximum atomic E-state index is 14.4. The standard InChI is InChI=1S/C36H47N3O4S/c1-23-18-19-28(27-16-11-10-15-26(23)27)30-22-44-33(37-30)31-17-12-20-39(31)34(41)29(25-13-8-7-9-14-25)21-32(40)24(2)38(6)35(42)43-36(3,4)5/h10-11,15-16,18-19,22,24-25,29,31H,7-9,12-14,17,20-21H2,1-6H3/t24-,29-,31-/m0/s1. The number of likely N-dealkylation sites (N-methyl/N-ethyl adjacent to an activating group) is 1. The lowest BCUT2D eigenvalue weighted by Crippen LogP contribution is -2.46. The Kier molecular flexibility index (Phi) is 9.78. The number of fused-ring (bicyclic) bond motifs is 1. The summed E-state index contributed by atoms with van der Waals surface area (Å²) in [5.74, 6) is -0.247. The van der Waals surface area contributed by atoms with Gasteiger partial charge in [0.1, 0.15) is 10.6 Å². The van der Waals surface area contributed by atoms with E-state index in [2.05, 4.69) is 48.7 Å². The Labute approximate surface area is 266 Å². The number of rotatable bonds is 8. The summed E-state index contributed by atoms with van der Waals surface area (Å²) in [5.41, 5.74) is 2.64. The highest BCUT2D eigenvalue weighted by Gasteiger charge is 2.41. The number of ether oxygens (including phenoxy) is 1. The van der Waals surface area contributed by atoms with Gasteiger partial charge in [-0.3, -0.25) is 9.59 Å². The quantitative estimate of drug-likeness (QED) is 0.254. The molecule has 1 aliphatic heterocycles. The first-order valence-electron chi connectivity index (χ1n) is 16.2. The lowest BCUT2D eigenvalue weighted by atomic mass is 9.76. The van der Waals surface area contributed by atoms with E-state index < -0.39 is 23.7 Å². The zero-order chi connectivity index (χ0) is 31.6. The summed E-state index contributed by atoms with van der Waals surface area (Å²) in [6.45, 7) is 9.97. The van der Waals surface area contributed by atoms with Gasteiger partial charge in [-0.2, -0.15) is 0 Å². The number of Topliss-reactive ketones (excluding diaryl/α,β-unsaturated/α-hetero) is 1. The van der Waals surface area contributed by atoms with Crippen LogP contribution in [0, 0.1) is 18.8 Å². The second-order valence-corrected chi connectivity index (χ2v) is 14.6. The average molecular weight is 618 g/mol. The van der Waals surface area contributed by atoms with Crippen molar-refractivity contribution in [1.82, 2.24) is 14.8 Å². The number of carbonyl (C=O) groups excluding carboxylic acids is 3. The van der Waals surface area contributed by atoms with E-state index in [1.54, 1.807) is 25.3 Å². The minimum atomic E-state index is -0.677. The molecule has 0 spiro atoms. The fraction of sp³-hybridized carbons (Fsp3) is 0.556. The maximum absolute atomic E-state index is 14.4. The Bertz CT molecular complexity index is 1500. The van der Waals surface area contributed by atoms with Crippen molar-refractivity contribution >= 4 is 39.9 Å². The van der Waals surface area contributed by atoms with Crippen LogP contribution in [0.25, 0.3) is 22.0 Å². The molecule has 0 N–H and O–H groups in total. The van der Waals surface area contributed by atoms with E-state index in [4.69, 9.17) is 9.72 Å². The molecule has 2 amide bonds. The molecule has 0 radical (unpaired) electrons. The molecule has 44 heavy (non-hydrogen) atoms. The predicted molar refractivity (Wildman–Crippen MR) is 177 cm³/mol. The van der Waals surface area contributed by atoms with Crippen LogP contribution in [-0.2, 0) is 14.3 Å². The number of ketones is 1. The summed E-state index contributed by atoms with van der Waals surface area (Å²) in [4.78, 5) is 49.2. The van der Waals surface area contributed by atoms with Crippen LogP contribution in [0.5, 0.6) is 0 Å². The van der Waals surface area contributed by atoms with Gasteiger partial charge in [0, 0.05) is 36.9 Å². The van der Waals surface area contributed by atoms with E-state index in [1.807, 2.05) is 25.7 Å². The van der Waals surface area contributed by atoms with Gasteiger partial charge in [-0.25, -0.2) is 9.78 Å². The highest BCUT2D eigenvalue weighted by atomic mass is 32.1. The van der Waals surface area contributed by atoms with Crippen LogP contribution in [0.3, 0.4) is 0 Å². The minimum Gasteiger partial charge on any atom is -0.444 e. The molecule has 0 bridgehead atoms. The molecule has 0 unspecified atom stereocenters. The second-order valence-electron chi connectivity index (χ2n) is 13.7. The monoisotopic (exact) mass is 617 g/mol. The van der Waals surface area contributed by atoms with Gasteiger partial charge in [0.2, 0.25) is 5.91 Å². The summed E-state index contributed by atoms with van der Waals surface area (Å²) in [6.07, 6.45) is 6.66. The Hall–Kier alpha value is -3.26. The fourth-order valence-electron chi connectivity index (χ4n) is 6.83. The molecule has 1 aliphatic carbocycles. The number of aromatic nitrogens is 1. The lowest BCUT2D eigenvalue weighted by molar-refractivity contribution is -0.142. The van der Waals surface area contributed by atoms with Crippen molar-refractivity contribution in [3.63, 3.8) is 0 Å². The van der Waals surface area contributed by atoms with E-state index in [1.165, 1.54) is 27.7 Å². The number of thiazole rings is 1. The van der Waals surface area contributed by atoms with E-state index in [0.29, 0.717) is 6.54 Å². The number of nitrogens with zero attached hydrogens (tertiary/aromatic N) is 3. The average Bonchev–Trinajstić information content (AvgIpc) is 3.69. The summed E-state index contributed by atoms with van der Waals surface area (Å²) in [5, 5.41) is 5.49. The smallest absolute Gasteiger partial charge is 0.410 e. The minimum absolute atomic E-state index is 0.0670. The van der Waals surface area contributed by atoms with Crippen molar-refractivity contribution in [2.24, 2.45) is 11.8 Å². The lowest BCUT2D eigenvalue weighted by Gasteiger charge is -2.35. The molecular weight excluding hydrogens is 570 g/mol. The highest BCUT2D eigenvalue weighted by molar-refractivity contribution is 7.10. The third-order valence-electron chi connectivity index (χ3n) is 9.45. The largest absolute Gasteiger partial charge is 0.444 e. The van der Waals surface area contributed by atoms with E-state index in [-0.39, 0.29) is 30.1 Å². The number of amides is 2. The molecule has 2 heterocycles. The van der Waals surface area contributed by atoms with Crippen molar-refractivity contribution < 1.29 is 19.1 Å². The molecule has 1 saturated heterocycles. The topological polar surface area (TPSA) is 79.8 Å². The Morgan fingerprint density at radius 2 is 1.73 bits per heavy atom. The van der Waals surface area contributed by atoms with Gasteiger partial charge in [-0.15, -0.1) is 11.3 Å². The van der Waals surface area contributed by atoms with Gasteiger partial charge in [0.15, 0.2) is 5.78 Å². The number of hydrogen-bond donors (Lipinski definition) is 0. The molecule has 1 aromatic heterocycles. The number of carbonyl (C=O) groups is 3. The molecule has 3 aromatic rings. The van der Waals surface area contributed by atoms with E-state index in [0.717, 1.165) is 54.8 Å². The van der Waals surface area contributed by atoms with Crippen molar-refractivity contribution in [3.05, 3.63) is 52.3 Å².